The summed E-state index contributed by atoms with van der Waals surface area (Å²) in [6, 6.07) is 0. The van der Waals surface area contributed by atoms with Gasteiger partial charge in [0.05, 0.1) is 0 Å². The zero-order valence-corrected chi connectivity index (χ0v) is 16.9. The summed E-state index contributed by atoms with van der Waals surface area (Å²) in [7, 11) is 0. The average Bonchev–Trinajstić information content (AvgIpc) is 3.21. The first-order valence-electron chi connectivity index (χ1n) is 10.4. The van der Waals surface area contributed by atoms with E-state index in [-0.39, 0.29) is 17.9 Å². The molecule has 2 amide bonds. The Morgan fingerprint density at radius 1 is 1.33 bits per heavy atom. The molecule has 3 aliphatic heterocycles. The maximum absolute atomic E-state index is 12.8. The summed E-state index contributed by atoms with van der Waals surface area (Å²) >= 11 is 0. The molecule has 3 heterocycles. The molecule has 152 valence electrons. The lowest BCUT2D eigenvalue weighted by Crippen LogP contribution is -2.46. The van der Waals surface area contributed by atoms with Crippen molar-refractivity contribution in [1.29, 1.82) is 0 Å². The van der Waals surface area contributed by atoms with Gasteiger partial charge in [0.25, 0.3) is 11.8 Å². The normalized spacial score (nSPS) is 29.7. The van der Waals surface area contributed by atoms with Gasteiger partial charge in [-0.25, -0.2) is 4.99 Å². The lowest BCUT2D eigenvalue weighted by atomic mass is 9.90. The van der Waals surface area contributed by atoms with Crippen LogP contribution in [0.15, 0.2) is 4.99 Å². The highest BCUT2D eigenvalue weighted by Crippen LogP contribution is 2.30. The lowest BCUT2D eigenvalue weighted by Gasteiger charge is -2.34. The van der Waals surface area contributed by atoms with Crippen LogP contribution in [-0.2, 0) is 14.3 Å². The van der Waals surface area contributed by atoms with Crippen molar-refractivity contribution < 1.29 is 14.3 Å². The molecule has 27 heavy (non-hydrogen) atoms. The first kappa shape index (κ1) is 20.1. The quantitative estimate of drug-likeness (QED) is 0.763. The minimum atomic E-state index is -0.713. The number of aliphatic imine (C=N–C) groups is 1. The van der Waals surface area contributed by atoms with Crippen molar-refractivity contribution >= 4 is 17.8 Å². The first-order valence-corrected chi connectivity index (χ1v) is 10.4. The van der Waals surface area contributed by atoms with Crippen molar-refractivity contribution in [3.63, 3.8) is 0 Å². The van der Waals surface area contributed by atoms with E-state index in [4.69, 9.17) is 10.5 Å². The number of piperidine rings is 1. The fraction of sp³-hybridized carbons (Fsp3) is 0.850. The van der Waals surface area contributed by atoms with Gasteiger partial charge in [0.1, 0.15) is 11.6 Å². The van der Waals surface area contributed by atoms with Crippen LogP contribution in [0.5, 0.6) is 0 Å². The maximum atomic E-state index is 12.8. The molecule has 3 rings (SSSR count). The summed E-state index contributed by atoms with van der Waals surface area (Å²) < 4.78 is 5.52. The average molecular weight is 379 g/mol. The van der Waals surface area contributed by atoms with Crippen molar-refractivity contribution in [3.05, 3.63) is 0 Å². The second-order valence-electron chi connectivity index (χ2n) is 8.86. The van der Waals surface area contributed by atoms with Gasteiger partial charge >= 0.3 is 0 Å². The van der Waals surface area contributed by atoms with Crippen molar-refractivity contribution in [2.45, 2.75) is 70.9 Å². The zero-order chi connectivity index (χ0) is 19.6. The standard InChI is InChI=1S/C20H34N4O3/c1-14(2)13-20(3)18(26)24(19(21)22-20)11-8-15-6-9-23(10-7-15)17(25)16-5-4-12-27-16/h14-16H,4-13H2,1-3H3,(H2,21,22). The van der Waals surface area contributed by atoms with Crippen molar-refractivity contribution in [2.24, 2.45) is 22.6 Å². The molecule has 0 aliphatic carbocycles. The number of carbonyl (C=O) groups excluding carboxylic acids is 2. The number of nitrogens with two attached hydrogens (primary N) is 1. The van der Waals surface area contributed by atoms with Gasteiger partial charge in [-0.1, -0.05) is 13.8 Å². The molecular weight excluding hydrogens is 344 g/mol. The summed E-state index contributed by atoms with van der Waals surface area (Å²) in [6.07, 6.45) is 5.17. The summed E-state index contributed by atoms with van der Waals surface area (Å²) in [6.45, 7) is 8.97. The SMILES string of the molecule is CC(C)CC1(C)N=C(N)N(CCC2CCN(C(=O)C3CCCO3)CC2)C1=O. The van der Waals surface area contributed by atoms with Gasteiger partial charge < -0.3 is 15.4 Å². The Labute approximate surface area is 162 Å². The van der Waals surface area contributed by atoms with Gasteiger partial charge in [0, 0.05) is 26.2 Å². The van der Waals surface area contributed by atoms with Gasteiger partial charge in [-0.15, -0.1) is 0 Å². The molecular formula is C20H34N4O3. The van der Waals surface area contributed by atoms with Crippen LogP contribution in [0.4, 0.5) is 0 Å². The van der Waals surface area contributed by atoms with Gasteiger partial charge in [-0.05, 0) is 57.3 Å². The number of nitrogens with zero attached hydrogens (tertiary/aromatic N) is 3. The molecule has 0 aromatic heterocycles. The zero-order valence-electron chi connectivity index (χ0n) is 16.9. The third-order valence-corrected chi connectivity index (χ3v) is 6.04. The number of guanidine groups is 1. The predicted molar refractivity (Wildman–Crippen MR) is 104 cm³/mol. The molecule has 2 atom stereocenters. The summed E-state index contributed by atoms with van der Waals surface area (Å²) in [4.78, 5) is 33.3. The number of carbonyl (C=O) groups is 2. The van der Waals surface area contributed by atoms with E-state index in [1.165, 1.54) is 0 Å². The minimum Gasteiger partial charge on any atom is -0.369 e. The molecule has 0 bridgehead atoms. The van der Waals surface area contributed by atoms with Crippen LogP contribution in [0.1, 0.15) is 59.3 Å². The molecule has 0 radical (unpaired) electrons. The van der Waals surface area contributed by atoms with Gasteiger partial charge in [-0.2, -0.15) is 0 Å². The van der Waals surface area contributed by atoms with E-state index in [0.717, 1.165) is 45.2 Å². The number of hydrogen-bond donors (Lipinski definition) is 1. The third kappa shape index (κ3) is 4.45. The van der Waals surface area contributed by atoms with Gasteiger partial charge in [-0.3, -0.25) is 14.5 Å². The Morgan fingerprint density at radius 3 is 2.63 bits per heavy atom. The summed E-state index contributed by atoms with van der Waals surface area (Å²) in [5.74, 6) is 1.44. The highest BCUT2D eigenvalue weighted by Gasteiger charge is 2.44. The Bertz CT molecular complexity index is 592. The molecule has 2 unspecified atom stereocenters. The molecule has 0 spiro atoms. The molecule has 2 saturated heterocycles. The molecule has 0 aromatic rings. The van der Waals surface area contributed by atoms with Crippen LogP contribution in [0.25, 0.3) is 0 Å². The topological polar surface area (TPSA) is 88.2 Å². The Hall–Kier alpha value is -1.63. The van der Waals surface area contributed by atoms with Crippen LogP contribution in [0.3, 0.4) is 0 Å². The van der Waals surface area contributed by atoms with Gasteiger partial charge in [0.2, 0.25) is 0 Å². The number of likely N-dealkylation sites (tertiary alicyclic amines) is 1. The second-order valence-corrected chi connectivity index (χ2v) is 8.86. The monoisotopic (exact) mass is 378 g/mol. The van der Waals surface area contributed by atoms with Crippen LogP contribution < -0.4 is 5.73 Å². The number of ether oxygens (including phenoxy) is 1. The fourth-order valence-corrected chi connectivity index (χ4v) is 4.63. The first-order chi connectivity index (χ1) is 12.8. The summed E-state index contributed by atoms with van der Waals surface area (Å²) in [5, 5.41) is 0. The molecule has 0 aromatic carbocycles. The molecule has 7 nitrogen and oxygen atoms in total. The van der Waals surface area contributed by atoms with Crippen LogP contribution in [0, 0.1) is 11.8 Å². The molecule has 2 N–H and O–H groups in total. The van der Waals surface area contributed by atoms with E-state index >= 15 is 0 Å². The Kier molecular flexibility index (Phi) is 6.08. The van der Waals surface area contributed by atoms with E-state index in [1.54, 1.807) is 4.90 Å². The highest BCUT2D eigenvalue weighted by atomic mass is 16.5. The second kappa shape index (κ2) is 8.17. The highest BCUT2D eigenvalue weighted by molar-refractivity contribution is 6.06. The Morgan fingerprint density at radius 2 is 2.04 bits per heavy atom. The minimum absolute atomic E-state index is 0.0275. The van der Waals surface area contributed by atoms with Crippen LogP contribution in [0.2, 0.25) is 0 Å². The predicted octanol–water partition coefficient (Wildman–Crippen LogP) is 1.76. The van der Waals surface area contributed by atoms with Crippen LogP contribution in [-0.4, -0.2) is 65.5 Å². The van der Waals surface area contributed by atoms with E-state index < -0.39 is 5.54 Å². The smallest absolute Gasteiger partial charge is 0.257 e. The van der Waals surface area contributed by atoms with Crippen molar-refractivity contribution in [1.82, 2.24) is 9.80 Å². The van der Waals surface area contributed by atoms with Crippen molar-refractivity contribution in [3.8, 4) is 0 Å². The molecule has 7 heteroatoms. The number of hydrogen-bond acceptors (Lipinski definition) is 5. The van der Waals surface area contributed by atoms with Crippen molar-refractivity contribution in [2.75, 3.05) is 26.2 Å². The van der Waals surface area contributed by atoms with E-state index in [0.29, 0.717) is 37.4 Å². The van der Waals surface area contributed by atoms with Crippen LogP contribution >= 0.6 is 0 Å². The summed E-state index contributed by atoms with van der Waals surface area (Å²) in [5.41, 5.74) is 5.34. The van der Waals surface area contributed by atoms with E-state index in [2.05, 4.69) is 18.8 Å². The molecule has 2 fully saturated rings. The Balaban J connectivity index is 1.45. The van der Waals surface area contributed by atoms with E-state index in [1.807, 2.05) is 11.8 Å². The number of amides is 2. The molecule has 0 saturated carbocycles. The largest absolute Gasteiger partial charge is 0.369 e. The molecule has 3 aliphatic rings. The number of rotatable bonds is 6. The van der Waals surface area contributed by atoms with E-state index in [9.17, 15) is 9.59 Å². The maximum Gasteiger partial charge on any atom is 0.257 e. The third-order valence-electron chi connectivity index (χ3n) is 6.04. The lowest BCUT2D eigenvalue weighted by molar-refractivity contribution is -0.142. The fourth-order valence-electron chi connectivity index (χ4n) is 4.63. The van der Waals surface area contributed by atoms with Gasteiger partial charge in [0.15, 0.2) is 5.96 Å².